The van der Waals surface area contributed by atoms with E-state index in [0.29, 0.717) is 10.6 Å². The van der Waals surface area contributed by atoms with Gasteiger partial charge in [-0.1, -0.05) is 41.4 Å². The summed E-state index contributed by atoms with van der Waals surface area (Å²) in [5.74, 6) is -0.922. The van der Waals surface area contributed by atoms with Crippen molar-refractivity contribution in [3.63, 3.8) is 0 Å². The molecule has 2 aromatic rings. The third-order valence-electron chi connectivity index (χ3n) is 4.15. The fourth-order valence-corrected chi connectivity index (χ4v) is 3.38. The zero-order chi connectivity index (χ0) is 18.9. The van der Waals surface area contributed by atoms with Crippen LogP contribution in [0.15, 0.2) is 42.5 Å². The number of benzene rings is 2. The van der Waals surface area contributed by atoms with Gasteiger partial charge in [0.15, 0.2) is 11.6 Å². The Balaban J connectivity index is 1.73. The third kappa shape index (κ3) is 3.34. The Morgan fingerprint density at radius 1 is 1.19 bits per heavy atom. The molecule has 0 unspecified atom stereocenters. The number of hydrogen-bond donors (Lipinski definition) is 1. The largest absolute Gasteiger partial charge is 0.489 e. The number of imide groups is 1. The van der Waals surface area contributed by atoms with Crippen molar-refractivity contribution in [2.45, 2.75) is 12.5 Å². The van der Waals surface area contributed by atoms with E-state index in [0.717, 1.165) is 4.90 Å². The first-order valence-electron chi connectivity index (χ1n) is 7.80. The quantitative estimate of drug-likeness (QED) is 0.777. The first-order valence-corrected chi connectivity index (χ1v) is 8.55. The van der Waals surface area contributed by atoms with E-state index in [1.165, 1.54) is 18.2 Å². The second kappa shape index (κ2) is 7.13. The summed E-state index contributed by atoms with van der Waals surface area (Å²) >= 11 is 12.1. The Bertz CT molecular complexity index is 877. The van der Waals surface area contributed by atoms with Crippen molar-refractivity contribution in [2.75, 3.05) is 13.2 Å². The molecule has 1 heterocycles. The molecule has 1 atom stereocenters. The van der Waals surface area contributed by atoms with Crippen LogP contribution in [0.25, 0.3) is 0 Å². The number of rotatable bonds is 5. The molecule has 5 nitrogen and oxygen atoms in total. The first kappa shape index (κ1) is 18.5. The van der Waals surface area contributed by atoms with Crippen LogP contribution in [-0.4, -0.2) is 30.0 Å². The average Bonchev–Trinajstić information content (AvgIpc) is 2.80. The van der Waals surface area contributed by atoms with E-state index in [9.17, 15) is 14.0 Å². The number of carbonyl (C=O) groups excluding carboxylic acids is 2. The van der Waals surface area contributed by atoms with Gasteiger partial charge in [0.25, 0.3) is 5.91 Å². The van der Waals surface area contributed by atoms with Gasteiger partial charge in [-0.3, -0.25) is 9.69 Å². The average molecular weight is 397 g/mol. The molecular formula is C18H15Cl2FN2O3. The van der Waals surface area contributed by atoms with Gasteiger partial charge in [-0.25, -0.2) is 9.18 Å². The lowest BCUT2D eigenvalue weighted by Gasteiger charge is -2.23. The van der Waals surface area contributed by atoms with Crippen molar-refractivity contribution >= 4 is 35.1 Å². The number of hydrogen-bond acceptors (Lipinski definition) is 3. The molecule has 26 heavy (non-hydrogen) atoms. The van der Waals surface area contributed by atoms with Crippen LogP contribution < -0.4 is 10.1 Å². The molecule has 0 radical (unpaired) electrons. The molecule has 0 spiro atoms. The molecule has 136 valence electrons. The zero-order valence-electron chi connectivity index (χ0n) is 13.8. The van der Waals surface area contributed by atoms with Crippen LogP contribution >= 0.6 is 23.2 Å². The topological polar surface area (TPSA) is 58.6 Å². The number of nitrogens with one attached hydrogen (secondary N) is 1. The van der Waals surface area contributed by atoms with Crippen LogP contribution in [0.1, 0.15) is 12.5 Å². The van der Waals surface area contributed by atoms with Crippen molar-refractivity contribution in [3.05, 3.63) is 63.9 Å². The molecule has 0 aromatic heterocycles. The van der Waals surface area contributed by atoms with Gasteiger partial charge < -0.3 is 10.1 Å². The normalized spacial score (nSPS) is 19.6. The summed E-state index contributed by atoms with van der Waals surface area (Å²) in [4.78, 5) is 26.1. The minimum atomic E-state index is -1.31. The van der Waals surface area contributed by atoms with Crippen LogP contribution in [0.4, 0.5) is 9.18 Å². The van der Waals surface area contributed by atoms with E-state index in [1.807, 2.05) is 0 Å². The van der Waals surface area contributed by atoms with E-state index in [2.05, 4.69) is 5.32 Å². The summed E-state index contributed by atoms with van der Waals surface area (Å²) in [6.45, 7) is 1.50. The lowest BCUT2D eigenvalue weighted by Crippen LogP contribution is -2.41. The van der Waals surface area contributed by atoms with Crippen molar-refractivity contribution in [3.8, 4) is 5.75 Å². The Morgan fingerprint density at radius 3 is 2.62 bits per heavy atom. The lowest BCUT2D eigenvalue weighted by atomic mass is 9.92. The molecule has 0 aliphatic carbocycles. The maximum atomic E-state index is 13.6. The molecular weight excluding hydrogens is 382 g/mol. The second-order valence-electron chi connectivity index (χ2n) is 5.91. The fourth-order valence-electron chi connectivity index (χ4n) is 2.79. The summed E-state index contributed by atoms with van der Waals surface area (Å²) in [5, 5.41) is 3.35. The number of amides is 3. The van der Waals surface area contributed by atoms with Gasteiger partial charge >= 0.3 is 6.03 Å². The molecule has 8 heteroatoms. The van der Waals surface area contributed by atoms with Crippen LogP contribution in [0.3, 0.4) is 0 Å². The predicted molar refractivity (Wildman–Crippen MR) is 96.0 cm³/mol. The van der Waals surface area contributed by atoms with Crippen molar-refractivity contribution in [2.24, 2.45) is 0 Å². The monoisotopic (exact) mass is 396 g/mol. The molecule has 1 saturated heterocycles. The molecule has 3 amide bonds. The van der Waals surface area contributed by atoms with Crippen LogP contribution in [0, 0.1) is 5.82 Å². The van der Waals surface area contributed by atoms with Gasteiger partial charge in [-0.05, 0) is 31.2 Å². The summed E-state index contributed by atoms with van der Waals surface area (Å²) in [5.41, 5.74) is -0.865. The molecule has 1 aliphatic heterocycles. The Hall–Kier alpha value is -2.31. The number of halogens is 3. The second-order valence-corrected chi connectivity index (χ2v) is 6.76. The van der Waals surface area contributed by atoms with E-state index in [-0.39, 0.29) is 23.9 Å². The van der Waals surface area contributed by atoms with Gasteiger partial charge in [0, 0.05) is 15.6 Å². The molecule has 1 fully saturated rings. The number of nitrogens with zero attached hydrogens (tertiary/aromatic N) is 1. The number of carbonyl (C=O) groups is 2. The highest BCUT2D eigenvalue weighted by Crippen LogP contribution is 2.34. The minimum absolute atomic E-state index is 0.0280. The number of urea groups is 1. The zero-order valence-corrected chi connectivity index (χ0v) is 15.3. The number of para-hydroxylation sites is 1. The van der Waals surface area contributed by atoms with Gasteiger partial charge in [-0.15, -0.1) is 0 Å². The van der Waals surface area contributed by atoms with E-state index >= 15 is 0 Å². The standard InChI is InChI=1S/C18H15Cl2FN2O3/c1-18(12-7-6-11(19)10-13(12)20)16(24)23(17(25)22-18)8-9-26-15-5-3-2-4-14(15)21/h2-7,10H,8-9H2,1H3,(H,22,25)/t18-/m1/s1. The highest BCUT2D eigenvalue weighted by molar-refractivity contribution is 6.35. The van der Waals surface area contributed by atoms with Crippen molar-refractivity contribution < 1.29 is 18.7 Å². The molecule has 1 N–H and O–H groups in total. The SMILES string of the molecule is C[C@]1(c2ccc(Cl)cc2Cl)NC(=O)N(CCOc2ccccc2F)C1=O. The Kier molecular flexibility index (Phi) is 5.07. The Labute approximate surface area is 159 Å². The highest BCUT2D eigenvalue weighted by atomic mass is 35.5. The molecule has 3 rings (SSSR count). The third-order valence-corrected chi connectivity index (χ3v) is 4.70. The lowest BCUT2D eigenvalue weighted by molar-refractivity contribution is -0.131. The van der Waals surface area contributed by atoms with Crippen LogP contribution in [-0.2, 0) is 10.3 Å². The summed E-state index contributed by atoms with van der Waals surface area (Å²) in [6, 6.07) is 10.0. The number of ether oxygens (including phenoxy) is 1. The predicted octanol–water partition coefficient (Wildman–Crippen LogP) is 3.98. The van der Waals surface area contributed by atoms with Crippen LogP contribution in [0.5, 0.6) is 5.75 Å². The summed E-state index contributed by atoms with van der Waals surface area (Å²) < 4.78 is 18.9. The van der Waals surface area contributed by atoms with E-state index < -0.39 is 23.3 Å². The maximum absolute atomic E-state index is 13.6. The first-order chi connectivity index (χ1) is 12.3. The van der Waals surface area contributed by atoms with Crippen molar-refractivity contribution in [1.29, 1.82) is 0 Å². The van der Waals surface area contributed by atoms with Gasteiger partial charge in [0.05, 0.1) is 6.54 Å². The van der Waals surface area contributed by atoms with Gasteiger partial charge in [0.2, 0.25) is 0 Å². The minimum Gasteiger partial charge on any atom is -0.489 e. The van der Waals surface area contributed by atoms with Gasteiger partial charge in [-0.2, -0.15) is 0 Å². The molecule has 0 saturated carbocycles. The van der Waals surface area contributed by atoms with E-state index in [4.69, 9.17) is 27.9 Å². The smallest absolute Gasteiger partial charge is 0.325 e. The fraction of sp³-hybridized carbons (Fsp3) is 0.222. The summed E-state index contributed by atoms with van der Waals surface area (Å²) in [6.07, 6.45) is 0. The molecule has 1 aliphatic rings. The molecule has 0 bridgehead atoms. The maximum Gasteiger partial charge on any atom is 0.325 e. The summed E-state index contributed by atoms with van der Waals surface area (Å²) in [7, 11) is 0. The molecule has 2 aromatic carbocycles. The van der Waals surface area contributed by atoms with Gasteiger partial charge in [0.1, 0.15) is 12.1 Å². The van der Waals surface area contributed by atoms with E-state index in [1.54, 1.807) is 31.2 Å². The Morgan fingerprint density at radius 2 is 1.92 bits per heavy atom. The highest BCUT2D eigenvalue weighted by Gasteiger charge is 2.49. The van der Waals surface area contributed by atoms with Crippen LogP contribution in [0.2, 0.25) is 10.0 Å². The van der Waals surface area contributed by atoms with Crippen molar-refractivity contribution in [1.82, 2.24) is 10.2 Å².